The van der Waals surface area contributed by atoms with Crippen LogP contribution in [0.15, 0.2) is 261 Å². The lowest BCUT2D eigenvalue weighted by Gasteiger charge is -2.47. The van der Waals surface area contributed by atoms with Crippen molar-refractivity contribution in [3.05, 3.63) is 300 Å². The molecule has 0 amide bonds. The Balaban J connectivity index is 1.05. The first-order valence-electron chi connectivity index (χ1n) is 40.8. The van der Waals surface area contributed by atoms with Gasteiger partial charge in [-0.3, -0.25) is 0 Å². The Hall–Kier alpha value is -10.9. The second-order valence-corrected chi connectivity index (χ2v) is 39.9. The van der Waals surface area contributed by atoms with E-state index in [4.69, 9.17) is 0 Å². The van der Waals surface area contributed by atoms with E-state index in [1.165, 1.54) is 188 Å². The van der Waals surface area contributed by atoms with Crippen LogP contribution in [0.3, 0.4) is 0 Å². The van der Waals surface area contributed by atoms with Crippen molar-refractivity contribution in [3.8, 4) is 61.3 Å². The van der Waals surface area contributed by atoms with Gasteiger partial charge >= 0.3 is 0 Å². The summed E-state index contributed by atoms with van der Waals surface area (Å²) in [6.45, 7) is 49.7. The van der Waals surface area contributed by atoms with E-state index in [0.29, 0.717) is 0 Å². The SMILES string of the molecule is CC(C)(C)c1cccc(-c2cc(C(C)(C)C)cc(-c3cccc(C(C)(C)C)c3)c2N2c3ccc(-c4ccccc4)cc3B3c4ccc(-n5c6ccc7cccc8c9cccc%10ccc5c(c%109)c6c78)cc4N(c4c(-c5cccc(C(C)(C)C)c5)cc(C(C)(C)C)cc4-c4cccc(C(C)(C)C)c4)c4cc(C(C)(C)C)cc2c43)c1. The van der Waals surface area contributed by atoms with Crippen LogP contribution in [0.4, 0.5) is 34.1 Å². The molecule has 18 rings (SSSR count). The van der Waals surface area contributed by atoms with Crippen LogP contribution in [0.5, 0.6) is 0 Å². The Morgan fingerprint density at radius 1 is 0.232 bits per heavy atom. The molecule has 112 heavy (non-hydrogen) atoms. The summed E-state index contributed by atoms with van der Waals surface area (Å²) in [6, 6.07) is 103. The van der Waals surface area contributed by atoms with Crippen LogP contribution in [0.1, 0.15) is 184 Å². The first-order valence-corrected chi connectivity index (χ1v) is 40.8. The maximum absolute atomic E-state index is 2.81. The molecule has 0 spiro atoms. The highest BCUT2D eigenvalue weighted by Crippen LogP contribution is 2.57. The summed E-state index contributed by atoms with van der Waals surface area (Å²) in [5, 5.41) is 10.4. The van der Waals surface area contributed by atoms with E-state index in [-0.39, 0.29) is 44.6 Å². The summed E-state index contributed by atoms with van der Waals surface area (Å²) in [4.78, 5) is 5.59. The number of hydrogen-bond donors (Lipinski definition) is 0. The van der Waals surface area contributed by atoms with Crippen molar-refractivity contribution in [3.63, 3.8) is 0 Å². The maximum atomic E-state index is 2.81. The van der Waals surface area contributed by atoms with Gasteiger partial charge in [-0.05, 0) is 226 Å². The molecule has 0 radical (unpaired) electrons. The minimum Gasteiger partial charge on any atom is -0.310 e. The van der Waals surface area contributed by atoms with Crippen LogP contribution in [0.2, 0.25) is 0 Å². The highest BCUT2D eigenvalue weighted by Gasteiger charge is 2.47. The molecule has 0 N–H and O–H groups in total. The van der Waals surface area contributed by atoms with Crippen molar-refractivity contribution in [1.82, 2.24) is 4.57 Å². The lowest BCUT2D eigenvalue weighted by Crippen LogP contribution is -2.61. The second-order valence-electron chi connectivity index (χ2n) is 39.9. The number of fused-ring (bicyclic) bond motifs is 5. The Morgan fingerprint density at radius 3 is 0.991 bits per heavy atom. The number of benzene rings is 15. The predicted octanol–water partition coefficient (Wildman–Crippen LogP) is 28.6. The van der Waals surface area contributed by atoms with E-state index >= 15 is 0 Å². The Labute approximate surface area is 665 Å². The highest BCUT2D eigenvalue weighted by molar-refractivity contribution is 7.00. The van der Waals surface area contributed by atoms with Gasteiger partial charge in [0.1, 0.15) is 0 Å². The Bertz CT molecular complexity index is 6220. The summed E-state index contributed by atoms with van der Waals surface area (Å²) >= 11 is 0. The van der Waals surface area contributed by atoms with Gasteiger partial charge in [0, 0.05) is 61.5 Å². The molecule has 0 aliphatic carbocycles. The molecule has 0 bridgehead atoms. The zero-order valence-corrected chi connectivity index (χ0v) is 69.7. The molecular formula is C108H106BN3. The van der Waals surface area contributed by atoms with Crippen molar-refractivity contribution in [2.24, 2.45) is 0 Å². The molecule has 0 unspecified atom stereocenters. The van der Waals surface area contributed by atoms with Crippen molar-refractivity contribution in [2.75, 3.05) is 9.80 Å². The average molecular weight is 1460 g/mol. The predicted molar refractivity (Wildman–Crippen MR) is 488 cm³/mol. The minimum absolute atomic E-state index is 0.117. The van der Waals surface area contributed by atoms with Gasteiger partial charge in [0.15, 0.2) is 0 Å². The van der Waals surface area contributed by atoms with Crippen LogP contribution in [0, 0.1) is 0 Å². The third kappa shape index (κ3) is 11.9. The normalized spacial score (nSPS) is 13.7. The van der Waals surface area contributed by atoms with Crippen molar-refractivity contribution < 1.29 is 0 Å². The van der Waals surface area contributed by atoms with Crippen LogP contribution in [-0.2, 0) is 37.9 Å². The zero-order chi connectivity index (χ0) is 78.6. The van der Waals surface area contributed by atoms with Crippen LogP contribution in [-0.4, -0.2) is 11.3 Å². The molecule has 4 heteroatoms. The smallest absolute Gasteiger partial charge is 0.252 e. The van der Waals surface area contributed by atoms with E-state index in [2.05, 4.69) is 421 Å². The van der Waals surface area contributed by atoms with Gasteiger partial charge in [-0.1, -0.05) is 340 Å². The maximum Gasteiger partial charge on any atom is 0.252 e. The lowest BCUT2D eigenvalue weighted by molar-refractivity contribution is 0.589. The lowest BCUT2D eigenvalue weighted by atomic mass is 9.33. The van der Waals surface area contributed by atoms with Gasteiger partial charge in [-0.2, -0.15) is 0 Å². The molecular weight excluding hydrogens is 1350 g/mol. The van der Waals surface area contributed by atoms with Gasteiger partial charge in [-0.25, -0.2) is 0 Å². The largest absolute Gasteiger partial charge is 0.310 e. The van der Waals surface area contributed by atoms with Crippen molar-refractivity contribution in [1.29, 1.82) is 0 Å². The van der Waals surface area contributed by atoms with E-state index < -0.39 is 0 Å². The third-order valence-corrected chi connectivity index (χ3v) is 24.9. The molecule has 3 heterocycles. The second kappa shape index (κ2) is 25.3. The Morgan fingerprint density at radius 2 is 0.598 bits per heavy atom. The number of nitrogens with zero attached hydrogens (tertiary/aromatic N) is 3. The average Bonchev–Trinajstić information content (AvgIpc) is 1.21. The molecule has 2 aliphatic rings. The topological polar surface area (TPSA) is 11.4 Å². The summed E-state index contributed by atoms with van der Waals surface area (Å²) in [7, 11) is 0. The number of rotatable bonds is 8. The molecule has 0 atom stereocenters. The molecule has 15 aromatic carbocycles. The quantitative estimate of drug-likeness (QED) is 0.0853. The molecule has 1 aromatic heterocycles. The number of aromatic nitrogens is 1. The molecule has 0 saturated heterocycles. The van der Waals surface area contributed by atoms with Gasteiger partial charge in [0.05, 0.1) is 22.4 Å². The summed E-state index contributed by atoms with van der Waals surface area (Å²) in [5.74, 6) is 0. The molecule has 0 saturated carbocycles. The van der Waals surface area contributed by atoms with E-state index in [1.807, 2.05) is 0 Å². The number of anilines is 6. The third-order valence-electron chi connectivity index (χ3n) is 24.9. The zero-order valence-electron chi connectivity index (χ0n) is 69.7. The monoisotopic (exact) mass is 1460 g/mol. The molecule has 16 aromatic rings. The molecule has 0 fully saturated rings. The first kappa shape index (κ1) is 72.6. The fourth-order valence-electron chi connectivity index (χ4n) is 18.4. The van der Waals surface area contributed by atoms with Gasteiger partial charge in [-0.15, -0.1) is 0 Å². The Kier molecular flexibility index (Phi) is 16.4. The molecule has 2 aliphatic heterocycles. The summed E-state index contributed by atoms with van der Waals surface area (Å²) in [5.41, 5.74) is 34.0. The summed E-state index contributed by atoms with van der Waals surface area (Å²) in [6.07, 6.45) is 0. The van der Waals surface area contributed by atoms with E-state index in [9.17, 15) is 0 Å². The minimum atomic E-state index is -0.343. The van der Waals surface area contributed by atoms with Crippen molar-refractivity contribution >= 4 is 111 Å². The fraction of sp³-hybridized carbons (Fsp3) is 0.259. The standard InChI is InChI=1S/C108H106BN3/c1-102(2,3)73-39-25-35-69(53-73)83-58-77(106(13,14)15)59-84(70-36-26-40-74(54-70)103(4,5)6)100(83)111-89-50-47-68(65-31-23-22-24-32-65)57-88(89)109-87-49-48-80(110-90-51-45-66-33-29-43-81-82-44-30-34-67-46-52-91(110)98(96(67)82)97(90)95(66)81)64-92(87)112(94-63-79(108(19,20)21)62-93(111)99(94)109)101-85(71-37-27-41-75(55-71)104(7,8)9)60-78(107(16,17)18)61-86(101)72-38-28-42-76(56-72)105(10,11)12/h22-64H,1-21H3. The summed E-state index contributed by atoms with van der Waals surface area (Å²) < 4.78 is 2.62. The van der Waals surface area contributed by atoms with Crippen molar-refractivity contribution in [2.45, 2.75) is 183 Å². The van der Waals surface area contributed by atoms with E-state index in [1.54, 1.807) is 0 Å². The van der Waals surface area contributed by atoms with Gasteiger partial charge in [0.2, 0.25) is 0 Å². The molecule has 556 valence electrons. The van der Waals surface area contributed by atoms with E-state index in [0.717, 1.165) is 17.1 Å². The van der Waals surface area contributed by atoms with Crippen LogP contribution < -0.4 is 26.2 Å². The number of hydrogen-bond acceptors (Lipinski definition) is 2. The van der Waals surface area contributed by atoms with Gasteiger partial charge < -0.3 is 14.4 Å². The van der Waals surface area contributed by atoms with Crippen LogP contribution in [0.25, 0.3) is 115 Å². The van der Waals surface area contributed by atoms with Crippen LogP contribution >= 0.6 is 0 Å². The van der Waals surface area contributed by atoms with Gasteiger partial charge in [0.25, 0.3) is 6.71 Å². The highest BCUT2D eigenvalue weighted by atomic mass is 15.2. The first-order chi connectivity index (χ1) is 53.0. The fourth-order valence-corrected chi connectivity index (χ4v) is 18.4. The molecule has 3 nitrogen and oxygen atoms in total.